The van der Waals surface area contributed by atoms with Crippen LogP contribution in [0.4, 0.5) is 13.2 Å². The number of hydrogen-bond acceptors (Lipinski definition) is 3. The van der Waals surface area contributed by atoms with Gasteiger partial charge in [-0.15, -0.1) is 0 Å². The standard InChI is InChI=1S/C21H24F3N3/c22-21(23,24)15-3-1-2-13(10-15)19-5-4-14(12-27-19)17-11-18(17)20(26)8-6-16(25)7-9-20/h1-5,10,12,16-18H,6-9,11,25-26H2/t16?,17-,18+,20?/m0/s1. The Hall–Kier alpha value is -1.92. The molecule has 0 unspecified atom stereocenters. The summed E-state index contributed by atoms with van der Waals surface area (Å²) < 4.78 is 38.7. The first-order valence-electron chi connectivity index (χ1n) is 9.44. The molecule has 0 spiro atoms. The van der Waals surface area contributed by atoms with E-state index in [9.17, 15) is 13.2 Å². The molecule has 2 aliphatic carbocycles. The zero-order chi connectivity index (χ0) is 19.2. The zero-order valence-electron chi connectivity index (χ0n) is 15.0. The molecule has 0 amide bonds. The van der Waals surface area contributed by atoms with Crippen LogP contribution < -0.4 is 11.5 Å². The minimum atomic E-state index is -4.35. The monoisotopic (exact) mass is 375 g/mol. The molecule has 0 bridgehead atoms. The molecule has 2 fully saturated rings. The Kier molecular flexibility index (Phi) is 4.51. The minimum Gasteiger partial charge on any atom is -0.328 e. The molecule has 1 aromatic heterocycles. The van der Waals surface area contributed by atoms with E-state index in [2.05, 4.69) is 4.98 Å². The summed E-state index contributed by atoms with van der Waals surface area (Å²) in [6.45, 7) is 0. The van der Waals surface area contributed by atoms with Gasteiger partial charge in [-0.1, -0.05) is 18.2 Å². The SMILES string of the molecule is NC1CCC(N)([C@@H]2C[C@H]2c2ccc(-c3cccc(C(F)(F)F)c3)nc2)CC1. The van der Waals surface area contributed by atoms with Crippen molar-refractivity contribution in [1.29, 1.82) is 0 Å². The molecule has 4 rings (SSSR count). The molecule has 2 aliphatic rings. The molecule has 0 aliphatic heterocycles. The van der Waals surface area contributed by atoms with Gasteiger partial charge in [-0.2, -0.15) is 13.2 Å². The summed E-state index contributed by atoms with van der Waals surface area (Å²) in [6, 6.07) is 9.33. The number of benzene rings is 1. The van der Waals surface area contributed by atoms with E-state index in [0.717, 1.165) is 49.8 Å². The predicted molar refractivity (Wildman–Crippen MR) is 98.9 cm³/mol. The van der Waals surface area contributed by atoms with Crippen LogP contribution in [0.2, 0.25) is 0 Å². The molecule has 1 aromatic carbocycles. The van der Waals surface area contributed by atoms with E-state index < -0.39 is 11.7 Å². The number of pyridine rings is 1. The Morgan fingerprint density at radius 3 is 2.44 bits per heavy atom. The number of nitrogens with zero attached hydrogens (tertiary/aromatic N) is 1. The van der Waals surface area contributed by atoms with E-state index in [0.29, 0.717) is 23.1 Å². The average molecular weight is 375 g/mol. The fourth-order valence-corrected chi connectivity index (χ4v) is 4.40. The van der Waals surface area contributed by atoms with Gasteiger partial charge in [-0.3, -0.25) is 4.98 Å². The largest absolute Gasteiger partial charge is 0.416 e. The highest BCUT2D eigenvalue weighted by molar-refractivity contribution is 5.60. The third kappa shape index (κ3) is 3.73. The lowest BCUT2D eigenvalue weighted by Gasteiger charge is -2.36. The topological polar surface area (TPSA) is 64.9 Å². The van der Waals surface area contributed by atoms with Gasteiger partial charge in [0.15, 0.2) is 0 Å². The molecule has 144 valence electrons. The van der Waals surface area contributed by atoms with E-state index in [1.807, 2.05) is 6.07 Å². The Labute approximate surface area is 157 Å². The highest BCUT2D eigenvalue weighted by atomic mass is 19.4. The van der Waals surface area contributed by atoms with Crippen molar-refractivity contribution in [2.24, 2.45) is 17.4 Å². The molecule has 2 aromatic rings. The number of rotatable bonds is 3. The van der Waals surface area contributed by atoms with Gasteiger partial charge in [0.25, 0.3) is 0 Å². The fourth-order valence-electron chi connectivity index (χ4n) is 4.40. The number of aromatic nitrogens is 1. The molecule has 27 heavy (non-hydrogen) atoms. The van der Waals surface area contributed by atoms with Gasteiger partial charge >= 0.3 is 6.18 Å². The highest BCUT2D eigenvalue weighted by Gasteiger charge is 2.51. The van der Waals surface area contributed by atoms with E-state index >= 15 is 0 Å². The summed E-state index contributed by atoms with van der Waals surface area (Å²) in [5.74, 6) is 0.846. The van der Waals surface area contributed by atoms with Gasteiger partial charge in [0.1, 0.15) is 0 Å². The van der Waals surface area contributed by atoms with Crippen molar-refractivity contribution in [2.75, 3.05) is 0 Å². The van der Waals surface area contributed by atoms with Crippen molar-refractivity contribution in [3.05, 3.63) is 53.7 Å². The van der Waals surface area contributed by atoms with Crippen LogP contribution in [-0.4, -0.2) is 16.6 Å². The Morgan fingerprint density at radius 2 is 1.81 bits per heavy atom. The van der Waals surface area contributed by atoms with Gasteiger partial charge in [0.05, 0.1) is 11.3 Å². The zero-order valence-corrected chi connectivity index (χ0v) is 15.0. The average Bonchev–Trinajstić information content (AvgIpc) is 3.46. The van der Waals surface area contributed by atoms with E-state index in [1.54, 1.807) is 18.3 Å². The van der Waals surface area contributed by atoms with Crippen molar-refractivity contribution in [3.8, 4) is 11.3 Å². The van der Waals surface area contributed by atoms with Crippen LogP contribution in [0.25, 0.3) is 11.3 Å². The maximum absolute atomic E-state index is 12.9. The van der Waals surface area contributed by atoms with Crippen molar-refractivity contribution < 1.29 is 13.2 Å². The van der Waals surface area contributed by atoms with Crippen LogP contribution in [0.5, 0.6) is 0 Å². The number of halogens is 3. The molecular formula is C21H24F3N3. The smallest absolute Gasteiger partial charge is 0.328 e. The predicted octanol–water partition coefficient (Wildman–Crippen LogP) is 4.47. The van der Waals surface area contributed by atoms with E-state index in [4.69, 9.17) is 11.5 Å². The Morgan fingerprint density at radius 1 is 1.07 bits per heavy atom. The minimum absolute atomic E-state index is 0.139. The third-order valence-corrected chi connectivity index (χ3v) is 6.19. The molecule has 6 heteroatoms. The van der Waals surface area contributed by atoms with E-state index in [1.165, 1.54) is 6.07 Å². The lowest BCUT2D eigenvalue weighted by atomic mass is 9.76. The lowest BCUT2D eigenvalue weighted by molar-refractivity contribution is -0.137. The second-order valence-electron chi connectivity index (χ2n) is 8.07. The Balaban J connectivity index is 1.48. The second kappa shape index (κ2) is 6.60. The summed E-state index contributed by atoms with van der Waals surface area (Å²) >= 11 is 0. The Bertz CT molecular complexity index is 808. The van der Waals surface area contributed by atoms with Crippen LogP contribution in [0.15, 0.2) is 42.6 Å². The fraction of sp³-hybridized carbons (Fsp3) is 0.476. The van der Waals surface area contributed by atoms with Gasteiger partial charge in [0, 0.05) is 23.3 Å². The molecule has 2 atom stereocenters. The summed E-state index contributed by atoms with van der Waals surface area (Å²) in [4.78, 5) is 4.42. The first kappa shape index (κ1) is 18.4. The van der Waals surface area contributed by atoms with Gasteiger partial charge in [-0.05, 0) is 67.7 Å². The van der Waals surface area contributed by atoms with Crippen LogP contribution in [-0.2, 0) is 6.18 Å². The number of alkyl halides is 3. The first-order valence-corrected chi connectivity index (χ1v) is 9.44. The van der Waals surface area contributed by atoms with Crippen molar-refractivity contribution in [2.45, 2.75) is 55.8 Å². The number of nitrogens with two attached hydrogens (primary N) is 2. The maximum atomic E-state index is 12.9. The second-order valence-corrected chi connectivity index (χ2v) is 8.07. The highest BCUT2D eigenvalue weighted by Crippen LogP contribution is 2.56. The van der Waals surface area contributed by atoms with Crippen LogP contribution in [0, 0.1) is 5.92 Å². The summed E-state index contributed by atoms with van der Waals surface area (Å²) in [7, 11) is 0. The van der Waals surface area contributed by atoms with Gasteiger partial charge < -0.3 is 11.5 Å². The van der Waals surface area contributed by atoms with Gasteiger partial charge in [-0.25, -0.2) is 0 Å². The van der Waals surface area contributed by atoms with Crippen LogP contribution >= 0.6 is 0 Å². The quantitative estimate of drug-likeness (QED) is 0.832. The van der Waals surface area contributed by atoms with Crippen molar-refractivity contribution >= 4 is 0 Å². The van der Waals surface area contributed by atoms with Gasteiger partial charge in [0.2, 0.25) is 0 Å². The normalized spacial score (nSPS) is 30.9. The van der Waals surface area contributed by atoms with Crippen LogP contribution in [0.1, 0.15) is 49.1 Å². The molecule has 3 nitrogen and oxygen atoms in total. The number of hydrogen-bond donors (Lipinski definition) is 2. The molecule has 0 saturated heterocycles. The molecule has 4 N–H and O–H groups in total. The van der Waals surface area contributed by atoms with Crippen molar-refractivity contribution in [1.82, 2.24) is 4.98 Å². The molecule has 0 radical (unpaired) electrons. The molecular weight excluding hydrogens is 351 g/mol. The molecule has 2 saturated carbocycles. The van der Waals surface area contributed by atoms with E-state index in [-0.39, 0.29) is 11.6 Å². The maximum Gasteiger partial charge on any atom is 0.416 e. The summed E-state index contributed by atoms with van der Waals surface area (Å²) in [5.41, 5.74) is 14.0. The summed E-state index contributed by atoms with van der Waals surface area (Å²) in [6.07, 6.45) is 2.37. The van der Waals surface area contributed by atoms with Crippen molar-refractivity contribution in [3.63, 3.8) is 0 Å². The lowest BCUT2D eigenvalue weighted by Crippen LogP contribution is -2.48. The van der Waals surface area contributed by atoms with Crippen LogP contribution in [0.3, 0.4) is 0 Å². The first-order chi connectivity index (χ1) is 12.8. The molecule has 1 heterocycles. The summed E-state index contributed by atoms with van der Waals surface area (Å²) in [5, 5.41) is 0. The third-order valence-electron chi connectivity index (χ3n) is 6.19.